The highest BCUT2D eigenvalue weighted by atomic mass is 35.5. The molecule has 0 aliphatic rings. The summed E-state index contributed by atoms with van der Waals surface area (Å²) in [6.07, 6.45) is 2.31. The van der Waals surface area contributed by atoms with Crippen molar-refractivity contribution in [1.82, 2.24) is 5.32 Å². The summed E-state index contributed by atoms with van der Waals surface area (Å²) in [7, 11) is 0. The molecule has 0 spiro atoms. The fourth-order valence-electron chi connectivity index (χ4n) is 1.78. The molecule has 0 heterocycles. The SMILES string of the molecule is CCCCC(NC(=O)Nc1ccccc1Cl)C(=O)OCC. The minimum atomic E-state index is -0.646. The van der Waals surface area contributed by atoms with Crippen LogP contribution in [0.3, 0.4) is 0 Å². The van der Waals surface area contributed by atoms with Crippen molar-refractivity contribution in [3.8, 4) is 0 Å². The van der Waals surface area contributed by atoms with Gasteiger partial charge in [-0.2, -0.15) is 0 Å². The molecule has 1 aromatic rings. The maximum atomic E-state index is 12.0. The number of hydrogen-bond acceptors (Lipinski definition) is 3. The summed E-state index contributed by atoms with van der Waals surface area (Å²) in [4.78, 5) is 23.8. The van der Waals surface area contributed by atoms with Crippen molar-refractivity contribution in [3.05, 3.63) is 29.3 Å². The van der Waals surface area contributed by atoms with Crippen LogP contribution in [0, 0.1) is 0 Å². The van der Waals surface area contributed by atoms with E-state index in [0.29, 0.717) is 17.1 Å². The summed E-state index contributed by atoms with van der Waals surface area (Å²) in [6, 6.07) is 5.78. The monoisotopic (exact) mass is 312 g/mol. The van der Waals surface area contributed by atoms with E-state index < -0.39 is 18.0 Å². The fraction of sp³-hybridized carbons (Fsp3) is 0.467. The number of halogens is 1. The third kappa shape index (κ3) is 6.04. The summed E-state index contributed by atoms with van der Waals surface area (Å²) < 4.78 is 4.97. The second-order valence-corrected chi connectivity index (χ2v) is 4.93. The van der Waals surface area contributed by atoms with Crippen LogP contribution in [0.5, 0.6) is 0 Å². The Bertz CT molecular complexity index is 480. The quantitative estimate of drug-likeness (QED) is 0.756. The number of amides is 2. The number of nitrogens with one attached hydrogen (secondary N) is 2. The zero-order chi connectivity index (χ0) is 15.7. The highest BCUT2D eigenvalue weighted by molar-refractivity contribution is 6.33. The van der Waals surface area contributed by atoms with E-state index in [-0.39, 0.29) is 6.61 Å². The number of rotatable bonds is 7. The molecule has 1 atom stereocenters. The molecule has 5 nitrogen and oxygen atoms in total. The number of ether oxygens (including phenoxy) is 1. The number of para-hydroxylation sites is 1. The van der Waals surface area contributed by atoms with Crippen molar-refractivity contribution >= 4 is 29.3 Å². The molecule has 1 aromatic carbocycles. The van der Waals surface area contributed by atoms with Crippen molar-refractivity contribution in [3.63, 3.8) is 0 Å². The van der Waals surface area contributed by atoms with E-state index in [4.69, 9.17) is 16.3 Å². The van der Waals surface area contributed by atoms with Crippen LogP contribution in [-0.2, 0) is 9.53 Å². The Morgan fingerprint density at radius 1 is 1.29 bits per heavy atom. The number of benzene rings is 1. The second kappa shape index (κ2) is 9.23. The normalized spacial score (nSPS) is 11.6. The third-order valence-electron chi connectivity index (χ3n) is 2.84. The van der Waals surface area contributed by atoms with Crippen LogP contribution >= 0.6 is 11.6 Å². The smallest absolute Gasteiger partial charge is 0.328 e. The first-order valence-electron chi connectivity index (χ1n) is 7.07. The zero-order valence-corrected chi connectivity index (χ0v) is 13.1. The van der Waals surface area contributed by atoms with Crippen molar-refractivity contribution in [1.29, 1.82) is 0 Å². The van der Waals surface area contributed by atoms with E-state index in [0.717, 1.165) is 12.8 Å². The summed E-state index contributed by atoms with van der Waals surface area (Å²) in [5.74, 6) is -0.416. The number of anilines is 1. The van der Waals surface area contributed by atoms with Crippen molar-refractivity contribution in [2.45, 2.75) is 39.2 Å². The Morgan fingerprint density at radius 2 is 2.00 bits per heavy atom. The van der Waals surface area contributed by atoms with Crippen LogP contribution in [0.15, 0.2) is 24.3 Å². The van der Waals surface area contributed by atoms with Gasteiger partial charge in [-0.05, 0) is 25.5 Å². The van der Waals surface area contributed by atoms with Gasteiger partial charge in [0, 0.05) is 0 Å². The van der Waals surface area contributed by atoms with Gasteiger partial charge in [-0.3, -0.25) is 0 Å². The summed E-state index contributed by atoms with van der Waals surface area (Å²) >= 11 is 5.97. The van der Waals surface area contributed by atoms with Gasteiger partial charge in [0.1, 0.15) is 6.04 Å². The van der Waals surface area contributed by atoms with Gasteiger partial charge >= 0.3 is 12.0 Å². The van der Waals surface area contributed by atoms with Gasteiger partial charge in [0.05, 0.1) is 17.3 Å². The molecule has 0 aliphatic heterocycles. The van der Waals surface area contributed by atoms with Gasteiger partial charge in [-0.25, -0.2) is 9.59 Å². The van der Waals surface area contributed by atoms with Crippen LogP contribution in [0.25, 0.3) is 0 Å². The Kier molecular flexibility index (Phi) is 7.61. The number of unbranched alkanes of at least 4 members (excludes halogenated alkanes) is 1. The lowest BCUT2D eigenvalue weighted by Gasteiger charge is -2.17. The van der Waals surface area contributed by atoms with E-state index in [1.54, 1.807) is 31.2 Å². The Labute approximate surface area is 130 Å². The highest BCUT2D eigenvalue weighted by Crippen LogP contribution is 2.20. The largest absolute Gasteiger partial charge is 0.464 e. The van der Waals surface area contributed by atoms with Gasteiger partial charge < -0.3 is 15.4 Å². The zero-order valence-electron chi connectivity index (χ0n) is 12.3. The standard InChI is InChI=1S/C15H21ClN2O3/c1-3-5-9-13(14(19)21-4-2)18-15(20)17-12-10-7-6-8-11(12)16/h6-8,10,13H,3-5,9H2,1-2H3,(H2,17,18,20). The lowest BCUT2D eigenvalue weighted by atomic mass is 10.1. The van der Waals surface area contributed by atoms with E-state index in [1.165, 1.54) is 0 Å². The lowest BCUT2D eigenvalue weighted by Crippen LogP contribution is -2.43. The first-order valence-corrected chi connectivity index (χ1v) is 7.45. The molecule has 0 aromatic heterocycles. The second-order valence-electron chi connectivity index (χ2n) is 4.53. The molecule has 6 heteroatoms. The van der Waals surface area contributed by atoms with Crippen LogP contribution < -0.4 is 10.6 Å². The molecule has 0 radical (unpaired) electrons. The summed E-state index contributed by atoms with van der Waals surface area (Å²) in [5.41, 5.74) is 0.495. The molecule has 0 fully saturated rings. The molecule has 1 unspecified atom stereocenters. The molecule has 2 N–H and O–H groups in total. The van der Waals surface area contributed by atoms with Crippen LogP contribution in [-0.4, -0.2) is 24.6 Å². The molecular weight excluding hydrogens is 292 g/mol. The maximum Gasteiger partial charge on any atom is 0.328 e. The van der Waals surface area contributed by atoms with Crippen molar-refractivity contribution in [2.75, 3.05) is 11.9 Å². The Balaban J connectivity index is 2.62. The molecular formula is C15H21ClN2O3. The Hall–Kier alpha value is -1.75. The molecule has 116 valence electrons. The van der Waals surface area contributed by atoms with Crippen LogP contribution in [0.1, 0.15) is 33.1 Å². The van der Waals surface area contributed by atoms with Crippen LogP contribution in [0.2, 0.25) is 5.02 Å². The number of carbonyl (C=O) groups is 2. The molecule has 21 heavy (non-hydrogen) atoms. The van der Waals surface area contributed by atoms with Crippen molar-refractivity contribution in [2.24, 2.45) is 0 Å². The lowest BCUT2D eigenvalue weighted by molar-refractivity contribution is -0.145. The van der Waals surface area contributed by atoms with Crippen LogP contribution in [0.4, 0.5) is 10.5 Å². The molecule has 0 saturated heterocycles. The first kappa shape index (κ1) is 17.3. The average molecular weight is 313 g/mol. The summed E-state index contributed by atoms with van der Waals surface area (Å²) in [6.45, 7) is 4.04. The van der Waals surface area contributed by atoms with E-state index >= 15 is 0 Å². The van der Waals surface area contributed by atoms with Gasteiger partial charge in [0.25, 0.3) is 0 Å². The molecule has 1 rings (SSSR count). The third-order valence-corrected chi connectivity index (χ3v) is 3.17. The highest BCUT2D eigenvalue weighted by Gasteiger charge is 2.21. The first-order chi connectivity index (χ1) is 10.1. The minimum absolute atomic E-state index is 0.287. The maximum absolute atomic E-state index is 12.0. The minimum Gasteiger partial charge on any atom is -0.464 e. The van der Waals surface area contributed by atoms with Gasteiger partial charge in [0.15, 0.2) is 0 Å². The molecule has 2 amide bonds. The molecule has 0 bridgehead atoms. The molecule has 0 saturated carbocycles. The van der Waals surface area contributed by atoms with E-state index in [9.17, 15) is 9.59 Å². The topological polar surface area (TPSA) is 67.4 Å². The Morgan fingerprint density at radius 3 is 2.62 bits per heavy atom. The van der Waals surface area contributed by atoms with Gasteiger partial charge in [0.2, 0.25) is 0 Å². The van der Waals surface area contributed by atoms with Crippen molar-refractivity contribution < 1.29 is 14.3 Å². The number of carbonyl (C=O) groups excluding carboxylic acids is 2. The summed E-state index contributed by atoms with van der Waals surface area (Å²) in [5, 5.41) is 5.69. The predicted octanol–water partition coefficient (Wildman–Crippen LogP) is 3.58. The predicted molar refractivity (Wildman–Crippen MR) is 83.6 cm³/mol. The van der Waals surface area contributed by atoms with E-state index in [1.807, 2.05) is 6.92 Å². The average Bonchev–Trinajstić information content (AvgIpc) is 2.46. The van der Waals surface area contributed by atoms with E-state index in [2.05, 4.69) is 10.6 Å². The fourth-order valence-corrected chi connectivity index (χ4v) is 1.96. The number of esters is 1. The molecule has 0 aliphatic carbocycles. The number of hydrogen-bond donors (Lipinski definition) is 2. The number of urea groups is 1. The van der Waals surface area contributed by atoms with Gasteiger partial charge in [-0.15, -0.1) is 0 Å². The van der Waals surface area contributed by atoms with Gasteiger partial charge in [-0.1, -0.05) is 43.5 Å².